The molecule has 2 N–H and O–H groups in total. The number of aliphatic hydroxyl groups is 2. The number of aliphatic hydroxyl groups excluding tert-OH is 2. The average Bonchev–Trinajstić information content (AvgIpc) is 2.33. The molecular formula is C6H12BN3O4. The van der Waals surface area contributed by atoms with Gasteiger partial charge < -0.3 is 19.7 Å². The molecule has 0 radical (unpaired) electrons. The quantitative estimate of drug-likeness (QED) is 0.247. The molecule has 4 atom stereocenters. The van der Waals surface area contributed by atoms with E-state index < -0.39 is 23.9 Å². The van der Waals surface area contributed by atoms with Gasteiger partial charge >= 0.3 is 0 Å². The van der Waals surface area contributed by atoms with Crippen molar-refractivity contribution in [3.05, 3.63) is 10.4 Å². The third kappa shape index (κ3) is 1.70. The van der Waals surface area contributed by atoms with Crippen molar-refractivity contribution >= 4 is 7.85 Å². The molecule has 0 aliphatic carbocycles. The maximum atomic E-state index is 9.62. The van der Waals surface area contributed by atoms with Crippen LogP contribution in [0.5, 0.6) is 0 Å². The van der Waals surface area contributed by atoms with Crippen LogP contribution in [0.4, 0.5) is 0 Å². The molecule has 1 fully saturated rings. The highest BCUT2D eigenvalue weighted by Gasteiger charge is 2.52. The molecule has 0 spiro atoms. The monoisotopic (exact) mass is 201 g/mol. The lowest BCUT2D eigenvalue weighted by atomic mass is 9.92. The standard InChI is InChI=1S/C6H12BN3O4/c1-13-2-6(9-10-8)4(12)3(11)5(7)14-6/h3-5,11-12H,2,7H2,1H3/t3-,4?,5+,6+/m0/s1. The molecule has 1 heterocycles. The number of hydrogen-bond acceptors (Lipinski definition) is 5. The molecule has 0 bridgehead atoms. The highest BCUT2D eigenvalue weighted by molar-refractivity contribution is 6.11. The van der Waals surface area contributed by atoms with E-state index in [0.29, 0.717) is 0 Å². The van der Waals surface area contributed by atoms with Crippen LogP contribution in [0.15, 0.2) is 5.11 Å². The molecule has 0 amide bonds. The minimum Gasteiger partial charge on any atom is -0.388 e. The summed E-state index contributed by atoms with van der Waals surface area (Å²) in [5, 5.41) is 22.4. The number of rotatable bonds is 3. The normalized spacial score (nSPS) is 42.1. The first-order chi connectivity index (χ1) is 6.57. The second-order valence-electron chi connectivity index (χ2n) is 3.23. The zero-order valence-corrected chi connectivity index (χ0v) is 7.99. The van der Waals surface area contributed by atoms with Crippen molar-refractivity contribution in [1.82, 2.24) is 0 Å². The van der Waals surface area contributed by atoms with Crippen LogP contribution in [-0.2, 0) is 9.47 Å². The summed E-state index contributed by atoms with van der Waals surface area (Å²) in [6.45, 7) is -0.0976. The number of methoxy groups -OCH3 is 1. The predicted octanol–water partition coefficient (Wildman–Crippen LogP) is -1.65. The number of azide groups is 1. The van der Waals surface area contributed by atoms with Crippen molar-refractivity contribution in [3.8, 4) is 0 Å². The van der Waals surface area contributed by atoms with Gasteiger partial charge in [-0.25, -0.2) is 0 Å². The topological polar surface area (TPSA) is 108 Å². The van der Waals surface area contributed by atoms with Crippen LogP contribution >= 0.6 is 0 Å². The molecule has 8 heteroatoms. The second kappa shape index (κ2) is 4.16. The molecule has 1 aliphatic heterocycles. The van der Waals surface area contributed by atoms with Gasteiger partial charge in [0.05, 0.1) is 12.6 Å². The van der Waals surface area contributed by atoms with E-state index in [4.69, 9.17) is 15.0 Å². The van der Waals surface area contributed by atoms with Gasteiger partial charge in [-0.1, -0.05) is 5.11 Å². The van der Waals surface area contributed by atoms with E-state index in [1.54, 1.807) is 7.85 Å². The third-order valence-corrected chi connectivity index (χ3v) is 2.22. The molecule has 0 saturated carbocycles. The third-order valence-electron chi connectivity index (χ3n) is 2.22. The molecule has 1 aliphatic rings. The van der Waals surface area contributed by atoms with Crippen molar-refractivity contribution in [3.63, 3.8) is 0 Å². The van der Waals surface area contributed by atoms with Gasteiger partial charge in [0, 0.05) is 12.0 Å². The van der Waals surface area contributed by atoms with Crippen molar-refractivity contribution in [2.45, 2.75) is 23.9 Å². The summed E-state index contributed by atoms with van der Waals surface area (Å²) in [7, 11) is 2.97. The smallest absolute Gasteiger partial charge is 0.197 e. The van der Waals surface area contributed by atoms with Gasteiger partial charge in [0.2, 0.25) is 0 Å². The van der Waals surface area contributed by atoms with Gasteiger partial charge in [0.25, 0.3) is 0 Å². The van der Waals surface area contributed by atoms with Crippen LogP contribution in [0.2, 0.25) is 0 Å². The lowest BCUT2D eigenvalue weighted by Gasteiger charge is -2.25. The molecule has 78 valence electrons. The Hall–Kier alpha value is -0.785. The minimum absolute atomic E-state index is 0.0976. The minimum atomic E-state index is -1.51. The SMILES string of the molecule is B[C@@H]1O[C@@](COC)(N=[N+]=[N-])C(O)[C@@H]1O. The molecular weight excluding hydrogens is 189 g/mol. The van der Waals surface area contributed by atoms with E-state index in [1.807, 2.05) is 0 Å². The molecule has 0 aromatic heterocycles. The van der Waals surface area contributed by atoms with Crippen LogP contribution < -0.4 is 0 Å². The van der Waals surface area contributed by atoms with Crippen LogP contribution in [0.25, 0.3) is 10.4 Å². The Balaban J connectivity index is 2.93. The van der Waals surface area contributed by atoms with Crippen molar-refractivity contribution in [2.24, 2.45) is 5.11 Å². The lowest BCUT2D eigenvalue weighted by molar-refractivity contribution is -0.103. The maximum Gasteiger partial charge on any atom is 0.197 e. The first-order valence-corrected chi connectivity index (χ1v) is 4.16. The Bertz CT molecular complexity index is 259. The fourth-order valence-electron chi connectivity index (χ4n) is 1.50. The second-order valence-corrected chi connectivity index (χ2v) is 3.23. The van der Waals surface area contributed by atoms with Crippen LogP contribution in [0, 0.1) is 0 Å². The van der Waals surface area contributed by atoms with Crippen LogP contribution in [-0.4, -0.2) is 55.7 Å². The molecule has 14 heavy (non-hydrogen) atoms. The summed E-state index contributed by atoms with van der Waals surface area (Å²) < 4.78 is 10.00. The average molecular weight is 201 g/mol. The van der Waals surface area contributed by atoms with Gasteiger partial charge in [0.1, 0.15) is 20.1 Å². The van der Waals surface area contributed by atoms with E-state index in [2.05, 4.69) is 10.0 Å². The molecule has 7 nitrogen and oxygen atoms in total. The molecule has 1 saturated heterocycles. The van der Waals surface area contributed by atoms with Crippen molar-refractivity contribution in [2.75, 3.05) is 13.7 Å². The van der Waals surface area contributed by atoms with Gasteiger partial charge in [0.15, 0.2) is 5.72 Å². The number of nitrogens with zero attached hydrogens (tertiary/aromatic N) is 3. The number of ether oxygens (including phenoxy) is 2. The molecule has 0 aromatic rings. The largest absolute Gasteiger partial charge is 0.388 e. The van der Waals surface area contributed by atoms with E-state index >= 15 is 0 Å². The van der Waals surface area contributed by atoms with Gasteiger partial charge in [-0.3, -0.25) is 0 Å². The summed E-state index contributed by atoms with van der Waals surface area (Å²) >= 11 is 0. The Kier molecular flexibility index (Phi) is 3.36. The van der Waals surface area contributed by atoms with E-state index in [-0.39, 0.29) is 6.61 Å². The number of hydrogen-bond donors (Lipinski definition) is 2. The Morgan fingerprint density at radius 1 is 1.71 bits per heavy atom. The predicted molar refractivity (Wildman–Crippen MR) is 49.2 cm³/mol. The molecule has 1 rings (SSSR count). The van der Waals surface area contributed by atoms with E-state index in [0.717, 1.165) is 0 Å². The van der Waals surface area contributed by atoms with Crippen molar-refractivity contribution in [1.29, 1.82) is 0 Å². The molecule has 0 aromatic carbocycles. The van der Waals surface area contributed by atoms with E-state index in [1.165, 1.54) is 7.11 Å². The fraction of sp³-hybridized carbons (Fsp3) is 1.00. The summed E-state index contributed by atoms with van der Waals surface area (Å²) in [5.41, 5.74) is 6.83. The van der Waals surface area contributed by atoms with Gasteiger partial charge in [-0.05, 0) is 5.53 Å². The van der Waals surface area contributed by atoms with Gasteiger partial charge in [-0.2, -0.15) is 0 Å². The lowest BCUT2D eigenvalue weighted by Crippen LogP contribution is -2.44. The fourth-order valence-corrected chi connectivity index (χ4v) is 1.50. The van der Waals surface area contributed by atoms with Crippen molar-refractivity contribution < 1.29 is 19.7 Å². The Morgan fingerprint density at radius 2 is 2.36 bits per heavy atom. The zero-order valence-electron chi connectivity index (χ0n) is 7.99. The first-order valence-electron chi connectivity index (χ1n) is 4.16. The Labute approximate surface area is 81.7 Å². The molecule has 1 unspecified atom stereocenters. The van der Waals surface area contributed by atoms with Crippen LogP contribution in [0.1, 0.15) is 0 Å². The van der Waals surface area contributed by atoms with Gasteiger partial charge in [-0.15, -0.1) is 0 Å². The van der Waals surface area contributed by atoms with E-state index in [9.17, 15) is 10.2 Å². The summed E-state index contributed by atoms with van der Waals surface area (Å²) in [6, 6.07) is -0.592. The summed E-state index contributed by atoms with van der Waals surface area (Å²) in [5.74, 6) is 0. The summed E-state index contributed by atoms with van der Waals surface area (Å²) in [4.78, 5) is 2.58. The summed E-state index contributed by atoms with van der Waals surface area (Å²) in [6.07, 6.45) is -2.34. The highest BCUT2D eigenvalue weighted by atomic mass is 16.6. The Morgan fingerprint density at radius 3 is 2.71 bits per heavy atom. The highest BCUT2D eigenvalue weighted by Crippen LogP contribution is 2.31. The first kappa shape index (κ1) is 11.3. The maximum absolute atomic E-state index is 9.62. The zero-order chi connectivity index (χ0) is 10.8. The van der Waals surface area contributed by atoms with Crippen LogP contribution in [0.3, 0.4) is 0 Å².